The molecule has 0 aliphatic rings. The van der Waals surface area contributed by atoms with E-state index < -0.39 is 18.6 Å². The van der Waals surface area contributed by atoms with Crippen LogP contribution in [0, 0.1) is 0 Å². The second-order valence-electron chi connectivity index (χ2n) is 2.62. The van der Waals surface area contributed by atoms with Crippen LogP contribution >= 0.6 is 0 Å². The van der Waals surface area contributed by atoms with Gasteiger partial charge in [-0.1, -0.05) is 0 Å². The maximum absolute atomic E-state index is 10.9. The number of nitrogens with one attached hydrogen (secondary N) is 1. The third-order valence-corrected chi connectivity index (χ3v) is 1.50. The number of Topliss-reactive ketones (excluding diaryl/α,β-unsaturated/α-hetero) is 1. The average molecular weight is 187 g/mol. The van der Waals surface area contributed by atoms with Crippen LogP contribution in [0.15, 0.2) is 0 Å². The number of aliphatic hydroxyl groups is 1. The summed E-state index contributed by atoms with van der Waals surface area (Å²) in [4.78, 5) is 31.6. The molecule has 0 bridgehead atoms. The Kier molecular flexibility index (Phi) is 5.71. The molecular formula is C8H13NO4. The summed E-state index contributed by atoms with van der Waals surface area (Å²) in [6, 6.07) is -0.848. The van der Waals surface area contributed by atoms with Crippen LogP contribution in [-0.4, -0.2) is 35.7 Å². The SMILES string of the molecule is CC(=O)[C@H](CO)NC(=O)CCC=O. The van der Waals surface area contributed by atoms with E-state index in [2.05, 4.69) is 5.32 Å². The molecule has 0 radical (unpaired) electrons. The lowest BCUT2D eigenvalue weighted by Gasteiger charge is -2.11. The number of hydrogen-bond donors (Lipinski definition) is 2. The number of rotatable bonds is 6. The highest BCUT2D eigenvalue weighted by Gasteiger charge is 2.14. The highest BCUT2D eigenvalue weighted by atomic mass is 16.3. The first-order valence-electron chi connectivity index (χ1n) is 3.96. The molecule has 0 spiro atoms. The Labute approximate surface area is 76.1 Å². The Morgan fingerprint density at radius 1 is 1.54 bits per heavy atom. The predicted octanol–water partition coefficient (Wildman–Crippen LogP) is -0.968. The summed E-state index contributed by atoms with van der Waals surface area (Å²) in [7, 11) is 0. The van der Waals surface area contributed by atoms with Crippen LogP contribution in [0.5, 0.6) is 0 Å². The van der Waals surface area contributed by atoms with Crippen LogP contribution in [0.3, 0.4) is 0 Å². The molecular weight excluding hydrogens is 174 g/mol. The van der Waals surface area contributed by atoms with Crippen molar-refractivity contribution in [3.05, 3.63) is 0 Å². The predicted molar refractivity (Wildman–Crippen MR) is 45.0 cm³/mol. The van der Waals surface area contributed by atoms with Crippen LogP contribution in [-0.2, 0) is 14.4 Å². The second-order valence-corrected chi connectivity index (χ2v) is 2.62. The lowest BCUT2D eigenvalue weighted by Crippen LogP contribution is -2.42. The molecule has 0 fully saturated rings. The number of carbonyl (C=O) groups is 3. The smallest absolute Gasteiger partial charge is 0.221 e. The van der Waals surface area contributed by atoms with Gasteiger partial charge in [-0.05, 0) is 6.92 Å². The van der Waals surface area contributed by atoms with Crippen molar-refractivity contribution in [1.82, 2.24) is 5.32 Å². The Morgan fingerprint density at radius 2 is 2.15 bits per heavy atom. The summed E-state index contributed by atoms with van der Waals surface area (Å²) in [5, 5.41) is 11.0. The fourth-order valence-electron chi connectivity index (χ4n) is 0.732. The van der Waals surface area contributed by atoms with Crippen molar-refractivity contribution in [1.29, 1.82) is 0 Å². The lowest BCUT2D eigenvalue weighted by atomic mass is 10.2. The number of carbonyl (C=O) groups excluding carboxylic acids is 3. The van der Waals surface area contributed by atoms with Gasteiger partial charge in [0.2, 0.25) is 5.91 Å². The molecule has 0 aliphatic heterocycles. The first kappa shape index (κ1) is 11.8. The van der Waals surface area contributed by atoms with Crippen LogP contribution in [0.1, 0.15) is 19.8 Å². The van der Waals surface area contributed by atoms with Gasteiger partial charge >= 0.3 is 0 Å². The van der Waals surface area contributed by atoms with E-state index >= 15 is 0 Å². The third-order valence-electron chi connectivity index (χ3n) is 1.50. The molecule has 5 heteroatoms. The fourth-order valence-corrected chi connectivity index (χ4v) is 0.732. The quantitative estimate of drug-likeness (QED) is 0.524. The van der Waals surface area contributed by atoms with Crippen molar-refractivity contribution in [3.8, 4) is 0 Å². The third kappa shape index (κ3) is 5.08. The van der Waals surface area contributed by atoms with Crippen LogP contribution in [0.4, 0.5) is 0 Å². The summed E-state index contributed by atoms with van der Waals surface area (Å²) < 4.78 is 0. The van der Waals surface area contributed by atoms with Gasteiger partial charge in [-0.15, -0.1) is 0 Å². The lowest BCUT2D eigenvalue weighted by molar-refractivity contribution is -0.128. The maximum atomic E-state index is 10.9. The molecule has 0 aromatic carbocycles. The maximum Gasteiger partial charge on any atom is 0.221 e. The first-order valence-corrected chi connectivity index (χ1v) is 3.96. The molecule has 0 aromatic rings. The molecule has 2 N–H and O–H groups in total. The molecule has 74 valence electrons. The fraction of sp³-hybridized carbons (Fsp3) is 0.625. The van der Waals surface area contributed by atoms with E-state index in [1.165, 1.54) is 6.92 Å². The normalized spacial score (nSPS) is 11.8. The summed E-state index contributed by atoms with van der Waals surface area (Å²) in [5.41, 5.74) is 0. The number of amides is 1. The molecule has 1 atom stereocenters. The van der Waals surface area contributed by atoms with Crippen LogP contribution in [0.25, 0.3) is 0 Å². The van der Waals surface area contributed by atoms with E-state index in [-0.39, 0.29) is 18.6 Å². The molecule has 0 aliphatic carbocycles. The molecule has 0 heterocycles. The minimum atomic E-state index is -0.848. The van der Waals surface area contributed by atoms with Crippen LogP contribution < -0.4 is 5.32 Å². The highest BCUT2D eigenvalue weighted by molar-refractivity contribution is 5.88. The summed E-state index contributed by atoms with van der Waals surface area (Å²) in [6.45, 7) is 0.864. The first-order chi connectivity index (χ1) is 6.11. The van der Waals surface area contributed by atoms with Crippen molar-refractivity contribution in [3.63, 3.8) is 0 Å². The van der Waals surface area contributed by atoms with E-state index in [1.54, 1.807) is 0 Å². The molecule has 0 rings (SSSR count). The van der Waals surface area contributed by atoms with Crippen molar-refractivity contribution in [2.24, 2.45) is 0 Å². The van der Waals surface area contributed by atoms with Crippen LogP contribution in [0.2, 0.25) is 0 Å². The summed E-state index contributed by atoms with van der Waals surface area (Å²) in [6.07, 6.45) is 0.802. The van der Waals surface area contributed by atoms with Crippen molar-refractivity contribution >= 4 is 18.0 Å². The van der Waals surface area contributed by atoms with Gasteiger partial charge in [0.15, 0.2) is 5.78 Å². The molecule has 13 heavy (non-hydrogen) atoms. The van der Waals surface area contributed by atoms with Crippen molar-refractivity contribution in [2.75, 3.05) is 6.61 Å². The second kappa shape index (κ2) is 6.30. The number of hydrogen-bond acceptors (Lipinski definition) is 4. The summed E-state index contributed by atoms with van der Waals surface area (Å²) in [5.74, 6) is -0.705. The zero-order valence-electron chi connectivity index (χ0n) is 7.45. The number of aldehydes is 1. The van der Waals surface area contributed by atoms with E-state index in [1.807, 2.05) is 0 Å². The number of ketones is 1. The van der Waals surface area contributed by atoms with Crippen molar-refractivity contribution < 1.29 is 19.5 Å². The van der Waals surface area contributed by atoms with Gasteiger partial charge in [0.25, 0.3) is 0 Å². The van der Waals surface area contributed by atoms with E-state index in [4.69, 9.17) is 5.11 Å². The Bertz CT molecular complexity index is 202. The largest absolute Gasteiger partial charge is 0.394 e. The molecule has 0 unspecified atom stereocenters. The van der Waals surface area contributed by atoms with Gasteiger partial charge in [-0.3, -0.25) is 9.59 Å². The van der Waals surface area contributed by atoms with Gasteiger partial charge in [0.05, 0.1) is 6.61 Å². The molecule has 0 aromatic heterocycles. The zero-order valence-corrected chi connectivity index (χ0v) is 7.45. The van der Waals surface area contributed by atoms with E-state index in [9.17, 15) is 14.4 Å². The minimum Gasteiger partial charge on any atom is -0.394 e. The Hall–Kier alpha value is -1.23. The topological polar surface area (TPSA) is 83.5 Å². The van der Waals surface area contributed by atoms with Gasteiger partial charge in [-0.2, -0.15) is 0 Å². The molecule has 5 nitrogen and oxygen atoms in total. The zero-order chi connectivity index (χ0) is 10.3. The Balaban J connectivity index is 3.86. The Morgan fingerprint density at radius 3 is 2.54 bits per heavy atom. The highest BCUT2D eigenvalue weighted by Crippen LogP contribution is 1.89. The van der Waals surface area contributed by atoms with Gasteiger partial charge < -0.3 is 15.2 Å². The molecule has 0 saturated heterocycles. The minimum absolute atomic E-state index is 0.0489. The molecule has 1 amide bonds. The van der Waals surface area contributed by atoms with Crippen molar-refractivity contribution in [2.45, 2.75) is 25.8 Å². The summed E-state index contributed by atoms with van der Waals surface area (Å²) >= 11 is 0. The van der Waals surface area contributed by atoms with E-state index in [0.717, 1.165) is 0 Å². The standard InChI is InChI=1S/C8H13NO4/c1-6(12)7(5-11)9-8(13)3-2-4-10/h4,7,11H,2-3,5H2,1H3,(H,9,13)/t7-/m0/s1. The van der Waals surface area contributed by atoms with Gasteiger partial charge in [0, 0.05) is 12.8 Å². The van der Waals surface area contributed by atoms with E-state index in [0.29, 0.717) is 6.29 Å². The number of aliphatic hydroxyl groups excluding tert-OH is 1. The molecule has 0 saturated carbocycles. The van der Waals surface area contributed by atoms with Gasteiger partial charge in [-0.25, -0.2) is 0 Å². The van der Waals surface area contributed by atoms with Gasteiger partial charge in [0.1, 0.15) is 12.3 Å². The average Bonchev–Trinajstić information content (AvgIpc) is 2.10. The monoisotopic (exact) mass is 187 g/mol.